The Kier molecular flexibility index (Phi) is 5.32. The Morgan fingerprint density at radius 3 is 2.42 bits per heavy atom. The van der Waals surface area contributed by atoms with Gasteiger partial charge >= 0.3 is 12.1 Å². The van der Waals surface area contributed by atoms with Gasteiger partial charge in [0.25, 0.3) is 0 Å². The average Bonchev–Trinajstić information content (AvgIpc) is 2.92. The topological polar surface area (TPSA) is 66.8 Å². The van der Waals surface area contributed by atoms with Gasteiger partial charge < -0.3 is 14.7 Å². The van der Waals surface area contributed by atoms with Gasteiger partial charge in [0.15, 0.2) is 0 Å². The molecule has 0 saturated carbocycles. The molecule has 1 atom stereocenters. The highest BCUT2D eigenvalue weighted by Gasteiger charge is 2.31. The first-order chi connectivity index (χ1) is 11.2. The molecule has 1 heterocycles. The second-order valence-electron chi connectivity index (χ2n) is 7.13. The summed E-state index contributed by atoms with van der Waals surface area (Å²) in [6.45, 7) is 7.99. The van der Waals surface area contributed by atoms with Gasteiger partial charge in [0.05, 0.1) is 11.6 Å². The molecule has 1 N–H and O–H groups in total. The number of likely N-dealkylation sites (tertiary alicyclic amines) is 1. The van der Waals surface area contributed by atoms with Gasteiger partial charge in [0.2, 0.25) is 0 Å². The Morgan fingerprint density at radius 2 is 1.88 bits per heavy atom. The molecule has 5 nitrogen and oxygen atoms in total. The van der Waals surface area contributed by atoms with Gasteiger partial charge in [-0.2, -0.15) is 0 Å². The van der Waals surface area contributed by atoms with E-state index in [1.807, 2.05) is 39.8 Å². The van der Waals surface area contributed by atoms with E-state index in [1.165, 1.54) is 0 Å². The van der Waals surface area contributed by atoms with Crippen molar-refractivity contribution in [2.75, 3.05) is 6.54 Å². The fourth-order valence-corrected chi connectivity index (χ4v) is 2.73. The predicted molar refractivity (Wildman–Crippen MR) is 92.8 cm³/mol. The Labute approximate surface area is 142 Å². The summed E-state index contributed by atoms with van der Waals surface area (Å²) in [4.78, 5) is 25.6. The number of amides is 1. The minimum atomic E-state index is -0.991. The maximum Gasteiger partial charge on any atom is 0.410 e. The lowest BCUT2D eigenvalue weighted by molar-refractivity contribution is -0.130. The fourth-order valence-electron chi connectivity index (χ4n) is 2.73. The number of hydrogen-bond acceptors (Lipinski definition) is 3. The molecular formula is C19H25NO4. The van der Waals surface area contributed by atoms with Gasteiger partial charge in [0.1, 0.15) is 5.60 Å². The monoisotopic (exact) mass is 331 g/mol. The molecule has 2 rings (SSSR count). The standard InChI is InChI=1S/C19H25NO4/c1-13-7-9-14(10-8-13)16(17(21)22)12-15-6-5-11-20(15)18(23)24-19(2,3)4/h7-10,12,15H,5-6,11H2,1-4H3,(H,21,22)/b16-12-. The summed E-state index contributed by atoms with van der Waals surface area (Å²) < 4.78 is 5.43. The lowest BCUT2D eigenvalue weighted by Gasteiger charge is -2.27. The van der Waals surface area contributed by atoms with Crippen LogP contribution in [0.2, 0.25) is 0 Å². The maximum absolute atomic E-state index is 12.3. The Hall–Kier alpha value is -2.30. The van der Waals surface area contributed by atoms with E-state index in [-0.39, 0.29) is 11.6 Å². The molecule has 0 bridgehead atoms. The maximum atomic E-state index is 12.3. The van der Waals surface area contributed by atoms with Crippen molar-refractivity contribution in [3.8, 4) is 0 Å². The molecular weight excluding hydrogens is 306 g/mol. The molecule has 130 valence electrons. The average molecular weight is 331 g/mol. The second kappa shape index (κ2) is 7.07. The molecule has 0 aliphatic carbocycles. The molecule has 1 amide bonds. The van der Waals surface area contributed by atoms with Crippen molar-refractivity contribution in [1.82, 2.24) is 4.90 Å². The molecule has 1 aliphatic heterocycles. The SMILES string of the molecule is Cc1ccc(/C(=C/C2CCCN2C(=O)OC(C)(C)C)C(=O)O)cc1. The molecule has 1 aromatic carbocycles. The van der Waals surface area contributed by atoms with Crippen molar-refractivity contribution in [2.24, 2.45) is 0 Å². The zero-order valence-corrected chi connectivity index (χ0v) is 14.7. The third-order valence-electron chi connectivity index (χ3n) is 3.88. The van der Waals surface area contributed by atoms with E-state index < -0.39 is 17.7 Å². The van der Waals surface area contributed by atoms with Crippen LogP contribution in [-0.2, 0) is 9.53 Å². The van der Waals surface area contributed by atoms with Crippen LogP contribution in [0.25, 0.3) is 5.57 Å². The van der Waals surface area contributed by atoms with Crippen LogP contribution in [0.5, 0.6) is 0 Å². The first kappa shape index (κ1) is 18.0. The lowest BCUT2D eigenvalue weighted by Crippen LogP contribution is -2.39. The van der Waals surface area contributed by atoms with E-state index >= 15 is 0 Å². The highest BCUT2D eigenvalue weighted by atomic mass is 16.6. The Morgan fingerprint density at radius 1 is 1.25 bits per heavy atom. The predicted octanol–water partition coefficient (Wildman–Crippen LogP) is 3.86. The number of carboxylic acid groups (broad SMARTS) is 1. The quantitative estimate of drug-likeness (QED) is 0.854. The number of nitrogens with zero attached hydrogens (tertiary/aromatic N) is 1. The van der Waals surface area contributed by atoms with E-state index in [0.717, 1.165) is 18.4 Å². The van der Waals surface area contributed by atoms with E-state index in [1.54, 1.807) is 23.1 Å². The number of hydrogen-bond donors (Lipinski definition) is 1. The minimum Gasteiger partial charge on any atom is -0.478 e. The highest BCUT2D eigenvalue weighted by Crippen LogP contribution is 2.25. The van der Waals surface area contributed by atoms with Gasteiger partial charge in [-0.3, -0.25) is 0 Å². The Balaban J connectivity index is 2.26. The normalized spacial score (nSPS) is 18.6. The van der Waals surface area contributed by atoms with Crippen molar-refractivity contribution in [3.05, 3.63) is 41.5 Å². The molecule has 0 spiro atoms. The zero-order valence-electron chi connectivity index (χ0n) is 14.7. The van der Waals surface area contributed by atoms with Crippen molar-refractivity contribution in [1.29, 1.82) is 0 Å². The van der Waals surface area contributed by atoms with Crippen LogP contribution in [0.4, 0.5) is 4.79 Å². The van der Waals surface area contributed by atoms with Crippen LogP contribution >= 0.6 is 0 Å². The Bertz CT molecular complexity index is 640. The fraction of sp³-hybridized carbons (Fsp3) is 0.474. The summed E-state index contributed by atoms with van der Waals surface area (Å²) in [6, 6.07) is 7.09. The molecule has 5 heteroatoms. The smallest absolute Gasteiger partial charge is 0.410 e. The van der Waals surface area contributed by atoms with Crippen LogP contribution in [0.15, 0.2) is 30.3 Å². The number of ether oxygens (including phenoxy) is 1. The molecule has 1 unspecified atom stereocenters. The van der Waals surface area contributed by atoms with E-state index in [9.17, 15) is 14.7 Å². The summed E-state index contributed by atoms with van der Waals surface area (Å²) in [5.41, 5.74) is 1.36. The molecule has 0 radical (unpaired) electrons. The summed E-state index contributed by atoms with van der Waals surface area (Å²) >= 11 is 0. The molecule has 0 aromatic heterocycles. The summed E-state index contributed by atoms with van der Waals surface area (Å²) in [5.74, 6) is -0.991. The van der Waals surface area contributed by atoms with Crippen molar-refractivity contribution < 1.29 is 19.4 Å². The van der Waals surface area contributed by atoms with E-state index in [2.05, 4.69) is 0 Å². The summed E-state index contributed by atoms with van der Waals surface area (Å²) in [7, 11) is 0. The number of benzene rings is 1. The number of aryl methyl sites for hydroxylation is 1. The summed E-state index contributed by atoms with van der Waals surface area (Å²) in [5, 5.41) is 9.56. The number of rotatable bonds is 3. The van der Waals surface area contributed by atoms with E-state index in [4.69, 9.17) is 4.74 Å². The van der Waals surface area contributed by atoms with Crippen LogP contribution < -0.4 is 0 Å². The summed E-state index contributed by atoms with van der Waals surface area (Å²) in [6.07, 6.45) is 2.85. The van der Waals surface area contributed by atoms with Crippen molar-refractivity contribution in [3.63, 3.8) is 0 Å². The molecule has 24 heavy (non-hydrogen) atoms. The van der Waals surface area contributed by atoms with Gasteiger partial charge in [-0.1, -0.05) is 29.8 Å². The lowest BCUT2D eigenvalue weighted by atomic mass is 10.0. The number of aliphatic carboxylic acids is 1. The molecule has 1 aliphatic rings. The van der Waals surface area contributed by atoms with Crippen LogP contribution in [0.3, 0.4) is 0 Å². The van der Waals surface area contributed by atoms with Gasteiger partial charge in [0, 0.05) is 6.54 Å². The highest BCUT2D eigenvalue weighted by molar-refractivity contribution is 6.15. The van der Waals surface area contributed by atoms with Crippen molar-refractivity contribution in [2.45, 2.75) is 52.2 Å². The van der Waals surface area contributed by atoms with Crippen LogP contribution in [0, 0.1) is 6.92 Å². The van der Waals surface area contributed by atoms with Gasteiger partial charge in [-0.05, 0) is 52.2 Å². The first-order valence-corrected chi connectivity index (χ1v) is 8.19. The molecule has 1 saturated heterocycles. The van der Waals surface area contributed by atoms with Crippen LogP contribution in [-0.4, -0.2) is 40.3 Å². The molecule has 1 fully saturated rings. The number of carboxylic acids is 1. The third-order valence-corrected chi connectivity index (χ3v) is 3.88. The van der Waals surface area contributed by atoms with E-state index in [0.29, 0.717) is 12.1 Å². The van der Waals surface area contributed by atoms with Crippen LogP contribution in [0.1, 0.15) is 44.7 Å². The molecule has 1 aromatic rings. The van der Waals surface area contributed by atoms with Gasteiger partial charge in [-0.15, -0.1) is 0 Å². The number of carbonyl (C=O) groups excluding carboxylic acids is 1. The first-order valence-electron chi connectivity index (χ1n) is 8.19. The van der Waals surface area contributed by atoms with Crippen molar-refractivity contribution >= 4 is 17.6 Å². The van der Waals surface area contributed by atoms with Gasteiger partial charge in [-0.25, -0.2) is 9.59 Å². The second-order valence-corrected chi connectivity index (χ2v) is 7.13. The number of carbonyl (C=O) groups is 2. The largest absolute Gasteiger partial charge is 0.478 e. The minimum absolute atomic E-state index is 0.218. The third kappa shape index (κ3) is 4.60. The zero-order chi connectivity index (χ0) is 17.9.